The number of carbonyl (C=O) groups excluding carboxylic acids is 1. The molecule has 1 aromatic carbocycles. The van der Waals surface area contributed by atoms with Crippen LogP contribution in [-0.2, 0) is 9.47 Å². The molecule has 0 aliphatic carbocycles. The average molecular weight is 292 g/mol. The first kappa shape index (κ1) is 15.8. The van der Waals surface area contributed by atoms with Crippen molar-refractivity contribution in [1.29, 1.82) is 0 Å². The van der Waals surface area contributed by atoms with Crippen LogP contribution in [0.3, 0.4) is 0 Å². The molecule has 0 amide bonds. The molecule has 0 saturated carbocycles. The SMILES string of the molecule is Cc1ccc(C(=O)OCC2CN(C(C)C)CCO2)cc1N. The van der Waals surface area contributed by atoms with Gasteiger partial charge in [-0.15, -0.1) is 0 Å². The van der Waals surface area contributed by atoms with E-state index in [9.17, 15) is 4.79 Å². The van der Waals surface area contributed by atoms with Crippen LogP contribution in [0.15, 0.2) is 18.2 Å². The lowest BCUT2D eigenvalue weighted by Gasteiger charge is -2.35. The maximum absolute atomic E-state index is 12.0. The van der Waals surface area contributed by atoms with Gasteiger partial charge in [0.2, 0.25) is 0 Å². The fourth-order valence-electron chi connectivity index (χ4n) is 2.33. The molecular weight excluding hydrogens is 268 g/mol. The maximum Gasteiger partial charge on any atom is 0.338 e. The quantitative estimate of drug-likeness (QED) is 0.677. The predicted octanol–water partition coefficient (Wildman–Crippen LogP) is 1.84. The van der Waals surface area contributed by atoms with Crippen molar-refractivity contribution in [1.82, 2.24) is 4.90 Å². The fraction of sp³-hybridized carbons (Fsp3) is 0.562. The van der Waals surface area contributed by atoms with Crippen LogP contribution in [0.1, 0.15) is 29.8 Å². The van der Waals surface area contributed by atoms with Gasteiger partial charge in [-0.25, -0.2) is 4.79 Å². The molecule has 116 valence electrons. The van der Waals surface area contributed by atoms with Crippen LogP contribution < -0.4 is 5.73 Å². The molecule has 0 bridgehead atoms. The molecule has 1 aromatic rings. The first-order valence-electron chi connectivity index (χ1n) is 7.36. The fourth-order valence-corrected chi connectivity index (χ4v) is 2.33. The van der Waals surface area contributed by atoms with Gasteiger partial charge in [0.25, 0.3) is 0 Å². The number of benzene rings is 1. The highest BCUT2D eigenvalue weighted by Crippen LogP contribution is 2.15. The van der Waals surface area contributed by atoms with E-state index in [0.29, 0.717) is 23.9 Å². The molecule has 1 fully saturated rings. The van der Waals surface area contributed by atoms with Crippen molar-refractivity contribution in [3.8, 4) is 0 Å². The predicted molar refractivity (Wildman–Crippen MR) is 82.3 cm³/mol. The van der Waals surface area contributed by atoms with Crippen LogP contribution in [0, 0.1) is 6.92 Å². The van der Waals surface area contributed by atoms with E-state index >= 15 is 0 Å². The molecule has 5 nitrogen and oxygen atoms in total. The zero-order valence-electron chi connectivity index (χ0n) is 13.0. The molecule has 1 atom stereocenters. The molecule has 2 N–H and O–H groups in total. The van der Waals surface area contributed by atoms with E-state index in [2.05, 4.69) is 18.7 Å². The Hall–Kier alpha value is -1.59. The Bertz CT molecular complexity index is 502. The van der Waals surface area contributed by atoms with Crippen LogP contribution in [-0.4, -0.2) is 49.3 Å². The summed E-state index contributed by atoms with van der Waals surface area (Å²) in [5.41, 5.74) is 7.85. The Labute approximate surface area is 126 Å². The summed E-state index contributed by atoms with van der Waals surface area (Å²) in [6, 6.07) is 5.68. The van der Waals surface area contributed by atoms with Gasteiger partial charge in [-0.2, -0.15) is 0 Å². The number of anilines is 1. The zero-order chi connectivity index (χ0) is 15.4. The van der Waals surface area contributed by atoms with E-state index < -0.39 is 0 Å². The van der Waals surface area contributed by atoms with Crippen molar-refractivity contribution < 1.29 is 14.3 Å². The average Bonchev–Trinajstić information content (AvgIpc) is 2.48. The molecule has 1 saturated heterocycles. The Morgan fingerprint density at radius 3 is 2.95 bits per heavy atom. The maximum atomic E-state index is 12.0. The standard InChI is InChI=1S/C16H24N2O3/c1-11(2)18-6-7-20-14(9-18)10-21-16(19)13-5-4-12(3)15(17)8-13/h4-5,8,11,14H,6-7,9-10,17H2,1-3H3. The number of hydrogen-bond donors (Lipinski definition) is 1. The van der Waals surface area contributed by atoms with E-state index in [4.69, 9.17) is 15.2 Å². The smallest absolute Gasteiger partial charge is 0.338 e. The largest absolute Gasteiger partial charge is 0.459 e. The molecule has 0 radical (unpaired) electrons. The number of nitrogen functional groups attached to an aromatic ring is 1. The molecule has 1 aliphatic rings. The van der Waals surface area contributed by atoms with Gasteiger partial charge in [0.05, 0.1) is 12.2 Å². The Balaban J connectivity index is 1.87. The molecule has 21 heavy (non-hydrogen) atoms. The number of nitrogens with zero attached hydrogens (tertiary/aromatic N) is 1. The number of nitrogens with two attached hydrogens (primary N) is 1. The van der Waals surface area contributed by atoms with E-state index in [1.807, 2.05) is 13.0 Å². The lowest BCUT2D eigenvalue weighted by Crippen LogP contribution is -2.47. The summed E-state index contributed by atoms with van der Waals surface area (Å²) in [4.78, 5) is 14.3. The van der Waals surface area contributed by atoms with Crippen LogP contribution in [0.5, 0.6) is 0 Å². The summed E-state index contributed by atoms with van der Waals surface area (Å²) < 4.78 is 11.0. The molecular formula is C16H24N2O3. The summed E-state index contributed by atoms with van der Waals surface area (Å²) in [6.07, 6.45) is -0.0621. The van der Waals surface area contributed by atoms with Gasteiger partial charge in [-0.1, -0.05) is 6.07 Å². The van der Waals surface area contributed by atoms with Crippen LogP contribution in [0.4, 0.5) is 5.69 Å². The second-order valence-electron chi connectivity index (χ2n) is 5.75. The third kappa shape index (κ3) is 4.19. The topological polar surface area (TPSA) is 64.8 Å². The first-order chi connectivity index (χ1) is 9.97. The lowest BCUT2D eigenvalue weighted by molar-refractivity contribution is -0.0662. The number of aryl methyl sites for hydroxylation is 1. The first-order valence-corrected chi connectivity index (χ1v) is 7.36. The summed E-state index contributed by atoms with van der Waals surface area (Å²) in [5, 5.41) is 0. The van der Waals surface area contributed by atoms with Gasteiger partial charge < -0.3 is 15.2 Å². The minimum atomic E-state index is -0.355. The lowest BCUT2D eigenvalue weighted by atomic mass is 10.1. The number of morpholine rings is 1. The van der Waals surface area contributed by atoms with Crippen LogP contribution >= 0.6 is 0 Å². The molecule has 0 spiro atoms. The van der Waals surface area contributed by atoms with Gasteiger partial charge in [0.1, 0.15) is 12.7 Å². The van der Waals surface area contributed by atoms with Crippen molar-refractivity contribution in [3.05, 3.63) is 29.3 Å². The highest BCUT2D eigenvalue weighted by molar-refractivity contribution is 5.90. The van der Waals surface area contributed by atoms with Gasteiger partial charge >= 0.3 is 5.97 Å². The summed E-state index contributed by atoms with van der Waals surface area (Å²) in [6.45, 7) is 8.89. The summed E-state index contributed by atoms with van der Waals surface area (Å²) in [5.74, 6) is -0.355. The number of hydrogen-bond acceptors (Lipinski definition) is 5. The highest BCUT2D eigenvalue weighted by Gasteiger charge is 2.23. The van der Waals surface area contributed by atoms with E-state index in [-0.39, 0.29) is 18.7 Å². The molecule has 1 unspecified atom stereocenters. The Morgan fingerprint density at radius 2 is 2.29 bits per heavy atom. The Morgan fingerprint density at radius 1 is 1.52 bits per heavy atom. The van der Waals surface area contributed by atoms with E-state index in [1.165, 1.54) is 0 Å². The third-order valence-corrected chi connectivity index (χ3v) is 3.82. The second kappa shape index (κ2) is 6.91. The highest BCUT2D eigenvalue weighted by atomic mass is 16.6. The number of esters is 1. The molecule has 1 heterocycles. The zero-order valence-corrected chi connectivity index (χ0v) is 13.0. The van der Waals surface area contributed by atoms with Crippen molar-refractivity contribution in [3.63, 3.8) is 0 Å². The van der Waals surface area contributed by atoms with Gasteiger partial charge in [0, 0.05) is 24.8 Å². The van der Waals surface area contributed by atoms with E-state index in [0.717, 1.165) is 18.7 Å². The summed E-state index contributed by atoms with van der Waals surface area (Å²) >= 11 is 0. The number of carbonyl (C=O) groups is 1. The molecule has 2 rings (SSSR count). The van der Waals surface area contributed by atoms with Crippen molar-refractivity contribution in [2.75, 3.05) is 32.0 Å². The Kier molecular flexibility index (Phi) is 5.20. The summed E-state index contributed by atoms with van der Waals surface area (Å²) in [7, 11) is 0. The number of rotatable bonds is 4. The normalized spacial score (nSPS) is 19.7. The third-order valence-electron chi connectivity index (χ3n) is 3.82. The van der Waals surface area contributed by atoms with Crippen molar-refractivity contribution in [2.45, 2.75) is 32.9 Å². The number of ether oxygens (including phenoxy) is 2. The molecule has 0 aromatic heterocycles. The van der Waals surface area contributed by atoms with Gasteiger partial charge in [-0.3, -0.25) is 4.90 Å². The van der Waals surface area contributed by atoms with Crippen LogP contribution in [0.25, 0.3) is 0 Å². The monoisotopic (exact) mass is 292 g/mol. The molecule has 1 aliphatic heterocycles. The van der Waals surface area contributed by atoms with Crippen molar-refractivity contribution >= 4 is 11.7 Å². The minimum Gasteiger partial charge on any atom is -0.459 e. The van der Waals surface area contributed by atoms with Gasteiger partial charge in [0.15, 0.2) is 0 Å². The second-order valence-corrected chi connectivity index (χ2v) is 5.75. The molecule has 5 heteroatoms. The van der Waals surface area contributed by atoms with E-state index in [1.54, 1.807) is 12.1 Å². The minimum absolute atomic E-state index is 0.0621. The van der Waals surface area contributed by atoms with Crippen molar-refractivity contribution in [2.24, 2.45) is 0 Å². The van der Waals surface area contributed by atoms with Gasteiger partial charge in [-0.05, 0) is 38.5 Å². The van der Waals surface area contributed by atoms with Crippen LogP contribution in [0.2, 0.25) is 0 Å².